The van der Waals surface area contributed by atoms with Gasteiger partial charge in [0.25, 0.3) is 5.56 Å². The Morgan fingerprint density at radius 2 is 2.03 bits per heavy atom. The van der Waals surface area contributed by atoms with E-state index < -0.39 is 17.6 Å². The van der Waals surface area contributed by atoms with E-state index in [0.29, 0.717) is 10.2 Å². The number of halogens is 3. The van der Waals surface area contributed by atoms with Crippen molar-refractivity contribution in [2.75, 3.05) is 25.6 Å². The number of hydrogen-bond donors (Lipinski definition) is 1. The molecule has 1 aliphatic carbocycles. The molecule has 0 bridgehead atoms. The minimum absolute atomic E-state index is 0.0526. The van der Waals surface area contributed by atoms with E-state index in [2.05, 4.69) is 10.3 Å². The lowest BCUT2D eigenvalue weighted by atomic mass is 9.97. The predicted molar refractivity (Wildman–Crippen MR) is 123 cm³/mol. The lowest BCUT2D eigenvalue weighted by Gasteiger charge is -2.15. The van der Waals surface area contributed by atoms with E-state index in [1.807, 2.05) is 0 Å². The van der Waals surface area contributed by atoms with Crippen LogP contribution in [0.3, 0.4) is 0 Å². The summed E-state index contributed by atoms with van der Waals surface area (Å²) < 4.78 is 51.2. The molecular formula is C23H24F3N3O4S. The molecule has 0 saturated heterocycles. The molecule has 0 aliphatic heterocycles. The Hall–Kier alpha value is -2.92. The van der Waals surface area contributed by atoms with Gasteiger partial charge in [0.2, 0.25) is 5.91 Å². The molecule has 0 radical (unpaired) electrons. The number of aromatic nitrogens is 2. The summed E-state index contributed by atoms with van der Waals surface area (Å²) in [5.41, 5.74) is -0.136. The summed E-state index contributed by atoms with van der Waals surface area (Å²) in [6.07, 6.45) is 0.652. The second kappa shape index (κ2) is 10.1. The van der Waals surface area contributed by atoms with Crippen LogP contribution in [0.1, 0.15) is 35.3 Å². The van der Waals surface area contributed by atoms with Gasteiger partial charge in [0, 0.05) is 25.0 Å². The Morgan fingerprint density at radius 1 is 1.24 bits per heavy atom. The first kappa shape index (κ1) is 24.2. The molecule has 11 heteroatoms. The summed E-state index contributed by atoms with van der Waals surface area (Å²) in [5.74, 6) is -0.446. The molecule has 0 atom stereocenters. The van der Waals surface area contributed by atoms with Crippen LogP contribution in [0.2, 0.25) is 0 Å². The number of anilines is 1. The lowest BCUT2D eigenvalue weighted by molar-refractivity contribution is -0.137. The number of hydrogen-bond acceptors (Lipinski definition) is 6. The first-order chi connectivity index (χ1) is 16.3. The van der Waals surface area contributed by atoms with E-state index in [0.717, 1.165) is 49.4 Å². The average Bonchev–Trinajstić information content (AvgIpc) is 3.18. The fourth-order valence-corrected chi connectivity index (χ4v) is 5.16. The lowest BCUT2D eigenvalue weighted by Crippen LogP contribution is -2.24. The number of amides is 1. The van der Waals surface area contributed by atoms with E-state index in [1.54, 1.807) is 11.3 Å². The van der Waals surface area contributed by atoms with Crippen molar-refractivity contribution in [3.63, 3.8) is 0 Å². The highest BCUT2D eigenvalue weighted by molar-refractivity contribution is 7.18. The van der Waals surface area contributed by atoms with Gasteiger partial charge in [-0.25, -0.2) is 4.98 Å². The van der Waals surface area contributed by atoms with E-state index in [1.165, 1.54) is 22.9 Å². The highest BCUT2D eigenvalue weighted by Crippen LogP contribution is 2.35. The minimum atomic E-state index is -4.57. The monoisotopic (exact) mass is 495 g/mol. The fraction of sp³-hybridized carbons (Fsp3) is 0.435. The van der Waals surface area contributed by atoms with Crippen molar-refractivity contribution in [1.29, 1.82) is 0 Å². The van der Waals surface area contributed by atoms with Crippen LogP contribution in [0, 0.1) is 0 Å². The first-order valence-electron chi connectivity index (χ1n) is 10.9. The number of ether oxygens (including phenoxy) is 2. The Labute approximate surface area is 197 Å². The molecule has 1 N–H and O–H groups in total. The molecule has 7 nitrogen and oxygen atoms in total. The fourth-order valence-electron chi connectivity index (χ4n) is 3.94. The maximum atomic E-state index is 13.2. The van der Waals surface area contributed by atoms with Gasteiger partial charge < -0.3 is 14.8 Å². The van der Waals surface area contributed by atoms with Crippen molar-refractivity contribution in [3.05, 3.63) is 50.9 Å². The summed E-state index contributed by atoms with van der Waals surface area (Å²) in [6, 6.07) is 2.88. The number of aryl methyl sites for hydroxylation is 3. The molecule has 0 unspecified atom stereocenters. The second-order valence-electron chi connectivity index (χ2n) is 7.98. The van der Waals surface area contributed by atoms with Crippen molar-refractivity contribution >= 4 is 33.1 Å². The number of nitrogens with zero attached hydrogens (tertiary/aromatic N) is 2. The Morgan fingerprint density at radius 3 is 2.79 bits per heavy atom. The van der Waals surface area contributed by atoms with Gasteiger partial charge in [-0.1, -0.05) is 0 Å². The zero-order chi connectivity index (χ0) is 24.3. The van der Waals surface area contributed by atoms with Gasteiger partial charge in [-0.2, -0.15) is 13.2 Å². The highest BCUT2D eigenvalue weighted by atomic mass is 32.1. The molecule has 0 spiro atoms. The normalized spacial score (nSPS) is 13.6. The number of nitrogens with one attached hydrogen (secondary N) is 1. The summed E-state index contributed by atoms with van der Waals surface area (Å²) in [4.78, 5) is 31.9. The molecule has 2 heterocycles. The quantitative estimate of drug-likeness (QED) is 0.468. The van der Waals surface area contributed by atoms with Crippen LogP contribution in [0.15, 0.2) is 29.3 Å². The van der Waals surface area contributed by atoms with Crippen molar-refractivity contribution in [1.82, 2.24) is 9.55 Å². The second-order valence-corrected chi connectivity index (χ2v) is 9.07. The minimum Gasteiger partial charge on any atom is -0.489 e. The molecule has 2 aromatic heterocycles. The maximum absolute atomic E-state index is 13.2. The molecule has 3 aromatic rings. The Bertz CT molecular complexity index is 1250. The number of carbonyl (C=O) groups is 1. The van der Waals surface area contributed by atoms with Gasteiger partial charge >= 0.3 is 6.18 Å². The van der Waals surface area contributed by atoms with Crippen LogP contribution in [-0.2, 0) is 35.1 Å². The summed E-state index contributed by atoms with van der Waals surface area (Å²) >= 11 is 1.54. The Balaban J connectivity index is 1.50. The zero-order valence-corrected chi connectivity index (χ0v) is 19.4. The summed E-state index contributed by atoms with van der Waals surface area (Å²) in [6.45, 7) is 0.396. The molecule has 0 fully saturated rings. The number of benzene rings is 1. The SMILES string of the molecule is COCCOc1ccc(C(F)(F)F)cc1NC(=O)CCn1cnc2sc3c(c2c1=O)CCCC3. The Kier molecular flexibility index (Phi) is 7.22. The molecule has 1 aromatic carbocycles. The zero-order valence-electron chi connectivity index (χ0n) is 18.5. The number of thiophene rings is 1. The van der Waals surface area contributed by atoms with Crippen LogP contribution < -0.4 is 15.6 Å². The van der Waals surface area contributed by atoms with Crippen molar-refractivity contribution in [2.45, 2.75) is 44.8 Å². The average molecular weight is 496 g/mol. The van der Waals surface area contributed by atoms with Crippen LogP contribution in [0.5, 0.6) is 5.75 Å². The third-order valence-corrected chi connectivity index (χ3v) is 6.85. The van der Waals surface area contributed by atoms with Crippen LogP contribution in [0.4, 0.5) is 18.9 Å². The molecule has 0 saturated carbocycles. The molecule has 182 valence electrons. The van der Waals surface area contributed by atoms with Gasteiger partial charge in [-0.05, 0) is 49.4 Å². The summed E-state index contributed by atoms with van der Waals surface area (Å²) in [5, 5.41) is 3.10. The molecule has 4 rings (SSSR count). The topological polar surface area (TPSA) is 82.4 Å². The van der Waals surface area contributed by atoms with Crippen molar-refractivity contribution < 1.29 is 27.4 Å². The van der Waals surface area contributed by atoms with Gasteiger partial charge in [-0.3, -0.25) is 14.2 Å². The summed E-state index contributed by atoms with van der Waals surface area (Å²) in [7, 11) is 1.47. The number of fused-ring (bicyclic) bond motifs is 3. The molecule has 1 aliphatic rings. The van der Waals surface area contributed by atoms with E-state index in [4.69, 9.17) is 9.47 Å². The third kappa shape index (κ3) is 5.25. The number of carbonyl (C=O) groups excluding carboxylic acids is 1. The van der Waals surface area contributed by atoms with Crippen molar-refractivity contribution in [2.24, 2.45) is 0 Å². The van der Waals surface area contributed by atoms with Crippen LogP contribution in [-0.4, -0.2) is 35.8 Å². The van der Waals surface area contributed by atoms with E-state index >= 15 is 0 Å². The van der Waals surface area contributed by atoms with E-state index in [9.17, 15) is 22.8 Å². The smallest absolute Gasteiger partial charge is 0.416 e. The van der Waals surface area contributed by atoms with Crippen molar-refractivity contribution in [3.8, 4) is 5.75 Å². The maximum Gasteiger partial charge on any atom is 0.416 e. The van der Waals surface area contributed by atoms with Gasteiger partial charge in [-0.15, -0.1) is 11.3 Å². The predicted octanol–water partition coefficient (Wildman–Crippen LogP) is 4.41. The highest BCUT2D eigenvalue weighted by Gasteiger charge is 2.31. The molecular weight excluding hydrogens is 471 g/mol. The van der Waals surface area contributed by atoms with Crippen LogP contribution in [0.25, 0.3) is 10.2 Å². The van der Waals surface area contributed by atoms with E-state index in [-0.39, 0.29) is 43.2 Å². The number of alkyl halides is 3. The first-order valence-corrected chi connectivity index (χ1v) is 11.7. The number of rotatable bonds is 8. The standard InChI is InChI=1S/C23H24F3N3O4S/c1-32-10-11-33-17-7-6-14(23(24,25)26)12-16(17)28-19(30)8-9-29-13-27-21-20(22(29)31)15-4-2-3-5-18(15)34-21/h6-7,12-13H,2-5,8-11H2,1H3,(H,28,30). The molecule has 34 heavy (non-hydrogen) atoms. The largest absolute Gasteiger partial charge is 0.489 e. The van der Waals surface area contributed by atoms with Crippen LogP contribution >= 0.6 is 11.3 Å². The third-order valence-electron chi connectivity index (χ3n) is 5.65. The van der Waals surface area contributed by atoms with Gasteiger partial charge in [0.15, 0.2) is 0 Å². The molecule has 1 amide bonds. The number of methoxy groups -OCH3 is 1. The van der Waals surface area contributed by atoms with Gasteiger partial charge in [0.1, 0.15) is 17.2 Å². The van der Waals surface area contributed by atoms with Gasteiger partial charge in [0.05, 0.1) is 29.6 Å².